The lowest BCUT2D eigenvalue weighted by Gasteiger charge is -1.93. The average Bonchev–Trinajstić information content (AvgIpc) is 2.03. The zero-order chi connectivity index (χ0) is 10.7. The number of aliphatic hydroxyl groups is 2. The Morgan fingerprint density at radius 1 is 0.923 bits per heavy atom. The minimum absolute atomic E-state index is 0.125. The molecule has 78 valence electrons. The molecule has 0 aliphatic carbocycles. The first-order chi connectivity index (χ1) is 6.04. The number of aliphatic hydroxyl groups excluding tert-OH is 2. The number of rotatable bonds is 5. The largest absolute Gasteiger partial charge is 0.480 e. The highest BCUT2D eigenvalue weighted by molar-refractivity contribution is 5.72. The Bertz CT molecular complexity index is 132. The van der Waals surface area contributed by atoms with Crippen LogP contribution >= 0.6 is 0 Å². The van der Waals surface area contributed by atoms with Crippen LogP contribution in [0.15, 0.2) is 0 Å². The van der Waals surface area contributed by atoms with E-state index in [1.807, 2.05) is 0 Å². The summed E-state index contributed by atoms with van der Waals surface area (Å²) in [6.07, 6.45) is 0. The van der Waals surface area contributed by atoms with Gasteiger partial charge in [0.05, 0.1) is 26.3 Å². The fourth-order valence-electron chi connectivity index (χ4n) is 0.276. The van der Waals surface area contributed by atoms with E-state index in [0.29, 0.717) is 0 Å². The third-order valence-electron chi connectivity index (χ3n) is 0.652. The molecule has 0 aromatic heterocycles. The van der Waals surface area contributed by atoms with Crippen molar-refractivity contribution in [2.24, 2.45) is 0 Å². The molecular formula is C6H13NO6. The molecule has 5 N–H and O–H groups in total. The Morgan fingerprint density at radius 2 is 1.23 bits per heavy atom. The fraction of sp³-hybridized carbons (Fsp3) is 0.667. The van der Waals surface area contributed by atoms with Crippen LogP contribution in [0, 0.1) is 0 Å². The molecule has 0 atom stereocenters. The van der Waals surface area contributed by atoms with Gasteiger partial charge in [-0.1, -0.05) is 0 Å². The van der Waals surface area contributed by atoms with Gasteiger partial charge in [0, 0.05) is 0 Å². The molecule has 0 spiro atoms. The van der Waals surface area contributed by atoms with Crippen molar-refractivity contribution in [3.63, 3.8) is 0 Å². The number of carbonyl (C=O) groups is 2. The number of hydrogen-bond donors (Lipinski definition) is 5. The van der Waals surface area contributed by atoms with Crippen LogP contribution in [0.2, 0.25) is 0 Å². The summed E-state index contributed by atoms with van der Waals surface area (Å²) in [6.45, 7) is -0.876. The zero-order valence-corrected chi connectivity index (χ0v) is 6.93. The van der Waals surface area contributed by atoms with Crippen molar-refractivity contribution in [2.75, 3.05) is 26.3 Å². The Balaban J connectivity index is 0. The maximum atomic E-state index is 9.73. The Hall–Kier alpha value is -1.18. The molecule has 0 saturated carbocycles. The highest BCUT2D eigenvalue weighted by atomic mass is 16.4. The van der Waals surface area contributed by atoms with Gasteiger partial charge >= 0.3 is 11.9 Å². The van der Waals surface area contributed by atoms with E-state index in [1.165, 1.54) is 0 Å². The van der Waals surface area contributed by atoms with Gasteiger partial charge in [-0.05, 0) is 0 Å². The summed E-state index contributed by atoms with van der Waals surface area (Å²) >= 11 is 0. The second-order valence-electron chi connectivity index (χ2n) is 1.84. The van der Waals surface area contributed by atoms with Crippen LogP contribution in [0.5, 0.6) is 0 Å². The van der Waals surface area contributed by atoms with Crippen LogP contribution in [-0.2, 0) is 9.59 Å². The maximum Gasteiger partial charge on any atom is 0.317 e. The smallest absolute Gasteiger partial charge is 0.317 e. The van der Waals surface area contributed by atoms with Gasteiger partial charge in [0.2, 0.25) is 0 Å². The molecule has 0 aliphatic rings. The van der Waals surface area contributed by atoms with E-state index in [-0.39, 0.29) is 26.3 Å². The van der Waals surface area contributed by atoms with E-state index in [4.69, 9.17) is 20.4 Å². The van der Waals surface area contributed by atoms with Crippen LogP contribution in [0.1, 0.15) is 0 Å². The van der Waals surface area contributed by atoms with Gasteiger partial charge in [-0.15, -0.1) is 0 Å². The first-order valence-corrected chi connectivity index (χ1v) is 3.40. The molecule has 7 nitrogen and oxygen atoms in total. The molecule has 0 bridgehead atoms. The summed E-state index contributed by atoms with van der Waals surface area (Å²) in [4.78, 5) is 19.5. The van der Waals surface area contributed by atoms with Crippen molar-refractivity contribution in [3.05, 3.63) is 0 Å². The summed E-state index contributed by atoms with van der Waals surface area (Å²) in [6, 6.07) is 0. The highest BCUT2D eigenvalue weighted by Gasteiger charge is 1.97. The molecule has 0 fully saturated rings. The third-order valence-corrected chi connectivity index (χ3v) is 0.652. The molecule has 0 aromatic carbocycles. The molecule has 0 rings (SSSR count). The van der Waals surface area contributed by atoms with E-state index in [2.05, 4.69) is 5.32 Å². The van der Waals surface area contributed by atoms with E-state index in [1.54, 1.807) is 0 Å². The van der Waals surface area contributed by atoms with Crippen LogP contribution in [0.25, 0.3) is 0 Å². The molecule has 13 heavy (non-hydrogen) atoms. The summed E-state index contributed by atoms with van der Waals surface area (Å²) < 4.78 is 0. The van der Waals surface area contributed by atoms with Gasteiger partial charge in [0.25, 0.3) is 0 Å². The van der Waals surface area contributed by atoms with Crippen molar-refractivity contribution < 1.29 is 30.0 Å². The summed E-state index contributed by atoms with van der Waals surface area (Å²) in [5.74, 6) is -2.12. The molecule has 0 aliphatic heterocycles. The van der Waals surface area contributed by atoms with Gasteiger partial charge in [-0.2, -0.15) is 0 Å². The number of carboxylic acid groups (broad SMARTS) is 2. The molecule has 0 amide bonds. The lowest BCUT2D eigenvalue weighted by molar-refractivity contribution is -0.137. The third kappa shape index (κ3) is 24.8. The van der Waals surface area contributed by atoms with E-state index in [0.717, 1.165) is 0 Å². The molecule has 0 heterocycles. The minimum Gasteiger partial charge on any atom is -0.480 e. The number of aliphatic carboxylic acids is 2. The standard InChI is InChI=1S/C4H7NO4.C2H6O2/c6-3(7)1-5-2-4(8)9;3-1-2-4/h5H,1-2H2,(H,6,7)(H,8,9);3-4H,1-2H2. The van der Waals surface area contributed by atoms with Crippen LogP contribution in [-0.4, -0.2) is 58.7 Å². The van der Waals surface area contributed by atoms with E-state index in [9.17, 15) is 9.59 Å². The van der Waals surface area contributed by atoms with Gasteiger partial charge < -0.3 is 20.4 Å². The summed E-state index contributed by atoms with van der Waals surface area (Å²) in [7, 11) is 0. The Morgan fingerprint density at radius 3 is 1.38 bits per heavy atom. The summed E-state index contributed by atoms with van der Waals surface area (Å²) in [5.41, 5.74) is 0. The monoisotopic (exact) mass is 195 g/mol. The average molecular weight is 195 g/mol. The predicted octanol–water partition coefficient (Wildman–Crippen LogP) is -2.28. The second kappa shape index (κ2) is 10.8. The van der Waals surface area contributed by atoms with Crippen molar-refractivity contribution >= 4 is 11.9 Å². The Labute approximate surface area is 74.6 Å². The van der Waals surface area contributed by atoms with Gasteiger partial charge in [-0.3, -0.25) is 14.9 Å². The minimum atomic E-state index is -1.06. The van der Waals surface area contributed by atoms with E-state index >= 15 is 0 Å². The molecule has 0 saturated heterocycles. The lowest BCUT2D eigenvalue weighted by Crippen LogP contribution is -2.27. The molecular weight excluding hydrogens is 182 g/mol. The highest BCUT2D eigenvalue weighted by Crippen LogP contribution is 1.61. The number of carboxylic acids is 2. The van der Waals surface area contributed by atoms with E-state index < -0.39 is 11.9 Å². The van der Waals surface area contributed by atoms with Gasteiger partial charge in [-0.25, -0.2) is 0 Å². The first kappa shape index (κ1) is 14.3. The van der Waals surface area contributed by atoms with Gasteiger partial charge in [0.1, 0.15) is 0 Å². The SMILES string of the molecule is O=C(O)CNCC(=O)O.OCCO. The van der Waals surface area contributed by atoms with Crippen molar-refractivity contribution in [3.8, 4) is 0 Å². The predicted molar refractivity (Wildman–Crippen MR) is 42.3 cm³/mol. The van der Waals surface area contributed by atoms with Gasteiger partial charge in [0.15, 0.2) is 0 Å². The van der Waals surface area contributed by atoms with Crippen molar-refractivity contribution in [1.82, 2.24) is 5.32 Å². The van der Waals surface area contributed by atoms with Crippen LogP contribution in [0.3, 0.4) is 0 Å². The molecule has 7 heteroatoms. The number of hydrogen-bond acceptors (Lipinski definition) is 5. The summed E-state index contributed by atoms with van der Waals surface area (Å²) in [5, 5.41) is 33.4. The first-order valence-electron chi connectivity index (χ1n) is 3.40. The topological polar surface area (TPSA) is 127 Å². The second-order valence-corrected chi connectivity index (χ2v) is 1.84. The quantitative estimate of drug-likeness (QED) is 0.334. The molecule has 0 radical (unpaired) electrons. The Kier molecular flexibility index (Phi) is 11.9. The normalized spacial score (nSPS) is 8.46. The maximum absolute atomic E-state index is 9.73. The van der Waals surface area contributed by atoms with Crippen LogP contribution in [0.4, 0.5) is 0 Å². The van der Waals surface area contributed by atoms with Crippen LogP contribution < -0.4 is 5.32 Å². The fourth-order valence-corrected chi connectivity index (χ4v) is 0.276. The molecule has 0 aromatic rings. The zero-order valence-electron chi connectivity index (χ0n) is 6.93. The molecule has 0 unspecified atom stereocenters. The van der Waals surface area contributed by atoms with Crippen molar-refractivity contribution in [2.45, 2.75) is 0 Å². The lowest BCUT2D eigenvalue weighted by atomic mass is 10.6. The number of nitrogens with one attached hydrogen (secondary N) is 1. The van der Waals surface area contributed by atoms with Crippen molar-refractivity contribution in [1.29, 1.82) is 0 Å².